The molecule has 1 atom stereocenters. The van der Waals surface area contributed by atoms with Crippen LogP contribution in [0, 0.1) is 0 Å². The number of benzene rings is 1. The van der Waals surface area contributed by atoms with Crippen LogP contribution in [0.2, 0.25) is 0 Å². The third kappa shape index (κ3) is 2.24. The molecule has 2 aromatic rings. The van der Waals surface area contributed by atoms with E-state index in [0.717, 1.165) is 21.9 Å². The molecule has 3 nitrogen and oxygen atoms in total. The third-order valence-corrected chi connectivity index (χ3v) is 3.56. The summed E-state index contributed by atoms with van der Waals surface area (Å²) in [6.45, 7) is 0.299. The molecule has 0 saturated heterocycles. The number of ether oxygens (including phenoxy) is 2. The van der Waals surface area contributed by atoms with Crippen molar-refractivity contribution in [3.8, 4) is 11.5 Å². The molecule has 17 heavy (non-hydrogen) atoms. The van der Waals surface area contributed by atoms with Crippen LogP contribution >= 0.6 is 23.7 Å². The highest BCUT2D eigenvalue weighted by Crippen LogP contribution is 2.35. The van der Waals surface area contributed by atoms with Crippen LogP contribution < -0.4 is 15.2 Å². The van der Waals surface area contributed by atoms with E-state index in [-0.39, 0.29) is 18.4 Å². The van der Waals surface area contributed by atoms with Crippen LogP contribution in [0.15, 0.2) is 35.7 Å². The van der Waals surface area contributed by atoms with Crippen molar-refractivity contribution in [2.24, 2.45) is 5.73 Å². The van der Waals surface area contributed by atoms with Gasteiger partial charge in [0, 0.05) is 4.88 Å². The predicted molar refractivity (Wildman–Crippen MR) is 70.2 cm³/mol. The summed E-state index contributed by atoms with van der Waals surface area (Å²) in [5.41, 5.74) is 7.22. The van der Waals surface area contributed by atoms with E-state index in [1.807, 2.05) is 35.7 Å². The van der Waals surface area contributed by atoms with Crippen LogP contribution in [-0.2, 0) is 0 Å². The van der Waals surface area contributed by atoms with Gasteiger partial charge in [0.05, 0.1) is 6.04 Å². The van der Waals surface area contributed by atoms with Crippen LogP contribution in [0.25, 0.3) is 0 Å². The molecule has 2 N–H and O–H groups in total. The standard InChI is InChI=1S/C12H11NO2S.ClH/c13-12(11-2-1-5-16-11)8-3-4-9-10(6-8)15-7-14-9;/h1-6,12H,7,13H2;1H/t12-;/m1./s1. The molecule has 2 heterocycles. The predicted octanol–water partition coefficient (Wildman–Crippen LogP) is 2.95. The highest BCUT2D eigenvalue weighted by molar-refractivity contribution is 7.10. The van der Waals surface area contributed by atoms with Crippen LogP contribution in [0.1, 0.15) is 16.5 Å². The number of thiophene rings is 1. The van der Waals surface area contributed by atoms with Crippen LogP contribution in [0.4, 0.5) is 0 Å². The zero-order valence-corrected chi connectivity index (χ0v) is 10.6. The van der Waals surface area contributed by atoms with E-state index in [1.54, 1.807) is 11.3 Å². The summed E-state index contributed by atoms with van der Waals surface area (Å²) in [7, 11) is 0. The average Bonchev–Trinajstić information content (AvgIpc) is 2.98. The maximum Gasteiger partial charge on any atom is 0.231 e. The van der Waals surface area contributed by atoms with Gasteiger partial charge < -0.3 is 15.2 Å². The smallest absolute Gasteiger partial charge is 0.231 e. The van der Waals surface area contributed by atoms with Gasteiger partial charge in [-0.3, -0.25) is 0 Å². The molecule has 1 aliphatic rings. The Morgan fingerprint density at radius 1 is 1.18 bits per heavy atom. The zero-order chi connectivity index (χ0) is 11.0. The summed E-state index contributed by atoms with van der Waals surface area (Å²) in [4.78, 5) is 1.15. The Morgan fingerprint density at radius 2 is 2.00 bits per heavy atom. The van der Waals surface area contributed by atoms with Gasteiger partial charge in [0.25, 0.3) is 0 Å². The monoisotopic (exact) mass is 269 g/mol. The van der Waals surface area contributed by atoms with E-state index < -0.39 is 0 Å². The lowest BCUT2D eigenvalue weighted by Gasteiger charge is -2.10. The van der Waals surface area contributed by atoms with Gasteiger partial charge in [0.2, 0.25) is 6.79 Å². The maximum atomic E-state index is 6.17. The van der Waals surface area contributed by atoms with E-state index in [4.69, 9.17) is 15.2 Å². The molecule has 0 saturated carbocycles. The number of hydrogen-bond acceptors (Lipinski definition) is 4. The second kappa shape index (κ2) is 4.96. The van der Waals surface area contributed by atoms with Crippen molar-refractivity contribution in [3.63, 3.8) is 0 Å². The lowest BCUT2D eigenvalue weighted by Crippen LogP contribution is -2.09. The Kier molecular flexibility index (Phi) is 3.57. The maximum absolute atomic E-state index is 6.17. The van der Waals surface area contributed by atoms with Crippen LogP contribution in [0.5, 0.6) is 11.5 Å². The summed E-state index contributed by atoms with van der Waals surface area (Å²) < 4.78 is 10.6. The number of rotatable bonds is 2. The van der Waals surface area contributed by atoms with Crippen LogP contribution in [0.3, 0.4) is 0 Å². The van der Waals surface area contributed by atoms with Crippen molar-refractivity contribution in [3.05, 3.63) is 46.2 Å². The van der Waals surface area contributed by atoms with Gasteiger partial charge in [-0.2, -0.15) is 0 Å². The van der Waals surface area contributed by atoms with Gasteiger partial charge >= 0.3 is 0 Å². The van der Waals surface area contributed by atoms with Crippen molar-refractivity contribution in [1.29, 1.82) is 0 Å². The number of fused-ring (bicyclic) bond motifs is 1. The van der Waals surface area contributed by atoms with E-state index in [9.17, 15) is 0 Å². The first-order valence-electron chi connectivity index (χ1n) is 5.03. The Labute approximate surface area is 110 Å². The fourth-order valence-electron chi connectivity index (χ4n) is 1.74. The molecule has 0 bridgehead atoms. The summed E-state index contributed by atoms with van der Waals surface area (Å²) in [6, 6.07) is 9.80. The van der Waals surface area contributed by atoms with Crippen molar-refractivity contribution < 1.29 is 9.47 Å². The van der Waals surface area contributed by atoms with Crippen molar-refractivity contribution in [2.75, 3.05) is 6.79 Å². The largest absolute Gasteiger partial charge is 0.454 e. The fourth-order valence-corrected chi connectivity index (χ4v) is 2.49. The molecule has 3 rings (SSSR count). The number of hydrogen-bond donors (Lipinski definition) is 1. The molecule has 0 spiro atoms. The molecular weight excluding hydrogens is 258 g/mol. The summed E-state index contributed by atoms with van der Waals surface area (Å²) in [6.07, 6.45) is 0. The van der Waals surface area contributed by atoms with E-state index in [0.29, 0.717) is 6.79 Å². The molecule has 0 unspecified atom stereocenters. The molecule has 0 fully saturated rings. The molecule has 5 heteroatoms. The molecule has 0 radical (unpaired) electrons. The summed E-state index contributed by atoms with van der Waals surface area (Å²) >= 11 is 1.66. The van der Waals surface area contributed by atoms with E-state index >= 15 is 0 Å². The minimum atomic E-state index is -0.0884. The van der Waals surface area contributed by atoms with Gasteiger partial charge in [-0.15, -0.1) is 23.7 Å². The average molecular weight is 270 g/mol. The highest BCUT2D eigenvalue weighted by atomic mass is 35.5. The first-order chi connectivity index (χ1) is 7.84. The molecule has 1 aliphatic heterocycles. The molecular formula is C12H12ClNO2S. The Bertz CT molecular complexity index is 501. The zero-order valence-electron chi connectivity index (χ0n) is 8.96. The van der Waals surface area contributed by atoms with Gasteiger partial charge in [-0.1, -0.05) is 12.1 Å². The topological polar surface area (TPSA) is 44.5 Å². The van der Waals surface area contributed by atoms with Crippen LogP contribution in [-0.4, -0.2) is 6.79 Å². The van der Waals surface area contributed by atoms with Crippen molar-refractivity contribution in [1.82, 2.24) is 0 Å². The Balaban J connectivity index is 0.00000108. The van der Waals surface area contributed by atoms with E-state index in [2.05, 4.69) is 0 Å². The fraction of sp³-hybridized carbons (Fsp3) is 0.167. The first kappa shape index (κ1) is 12.2. The molecule has 1 aromatic heterocycles. The normalized spacial score (nSPS) is 14.2. The van der Waals surface area contributed by atoms with E-state index in [1.165, 1.54) is 0 Å². The number of halogens is 1. The third-order valence-electron chi connectivity index (χ3n) is 2.61. The lowest BCUT2D eigenvalue weighted by atomic mass is 10.1. The number of nitrogens with two attached hydrogens (primary N) is 1. The Morgan fingerprint density at radius 3 is 2.76 bits per heavy atom. The van der Waals surface area contributed by atoms with Gasteiger partial charge in [-0.05, 0) is 29.1 Å². The summed E-state index contributed by atoms with van der Waals surface area (Å²) in [5.74, 6) is 1.58. The van der Waals surface area contributed by atoms with Gasteiger partial charge in [-0.25, -0.2) is 0 Å². The molecule has 0 amide bonds. The second-order valence-electron chi connectivity index (χ2n) is 3.61. The quantitative estimate of drug-likeness (QED) is 0.912. The minimum absolute atomic E-state index is 0. The van der Waals surface area contributed by atoms with Gasteiger partial charge in [0.1, 0.15) is 0 Å². The summed E-state index contributed by atoms with van der Waals surface area (Å²) in [5, 5.41) is 2.03. The molecule has 1 aromatic carbocycles. The molecule has 90 valence electrons. The lowest BCUT2D eigenvalue weighted by molar-refractivity contribution is 0.174. The van der Waals surface area contributed by atoms with Gasteiger partial charge in [0.15, 0.2) is 11.5 Å². The minimum Gasteiger partial charge on any atom is -0.454 e. The molecule has 0 aliphatic carbocycles. The van der Waals surface area contributed by atoms with Crippen molar-refractivity contribution in [2.45, 2.75) is 6.04 Å². The van der Waals surface area contributed by atoms with Crippen molar-refractivity contribution >= 4 is 23.7 Å². The first-order valence-corrected chi connectivity index (χ1v) is 5.91. The SMILES string of the molecule is Cl.N[C@H](c1ccc2c(c1)OCO2)c1cccs1. The Hall–Kier alpha value is -1.23. The second-order valence-corrected chi connectivity index (χ2v) is 4.59. The highest BCUT2D eigenvalue weighted by Gasteiger charge is 2.17.